The van der Waals surface area contributed by atoms with Crippen LogP contribution < -0.4 is 5.32 Å². The number of nitrogens with zero attached hydrogens (tertiary/aromatic N) is 2. The SMILES string of the molecule is Cc1noc(CCC(=O)NC(C(=O)O)C(C)C)n1. The van der Waals surface area contributed by atoms with Crippen molar-refractivity contribution in [2.45, 2.75) is 39.7 Å². The maximum atomic E-state index is 11.6. The Morgan fingerprint density at radius 3 is 2.56 bits per heavy atom. The Labute approximate surface area is 105 Å². The van der Waals surface area contributed by atoms with Gasteiger partial charge in [-0.05, 0) is 12.8 Å². The van der Waals surface area contributed by atoms with Crippen LogP contribution in [-0.2, 0) is 16.0 Å². The van der Waals surface area contributed by atoms with E-state index < -0.39 is 12.0 Å². The van der Waals surface area contributed by atoms with E-state index in [0.717, 1.165) is 0 Å². The Bertz CT molecular complexity index is 428. The molecule has 0 aromatic carbocycles. The van der Waals surface area contributed by atoms with Crippen LogP contribution in [0.2, 0.25) is 0 Å². The normalized spacial score (nSPS) is 12.4. The molecule has 0 aliphatic heterocycles. The third-order valence-corrected chi connectivity index (χ3v) is 2.38. The van der Waals surface area contributed by atoms with E-state index in [1.165, 1.54) is 0 Å². The van der Waals surface area contributed by atoms with Gasteiger partial charge >= 0.3 is 5.97 Å². The number of aromatic nitrogens is 2. The molecule has 1 unspecified atom stereocenters. The Kier molecular flexibility index (Phi) is 4.82. The molecule has 1 rings (SSSR count). The number of aryl methyl sites for hydroxylation is 2. The van der Waals surface area contributed by atoms with E-state index in [0.29, 0.717) is 18.1 Å². The van der Waals surface area contributed by atoms with Crippen LogP contribution in [0.1, 0.15) is 32.0 Å². The third-order valence-electron chi connectivity index (χ3n) is 2.38. The number of nitrogens with one attached hydrogen (secondary N) is 1. The Morgan fingerprint density at radius 2 is 2.11 bits per heavy atom. The summed E-state index contributed by atoms with van der Waals surface area (Å²) in [6.45, 7) is 5.16. The fraction of sp³-hybridized carbons (Fsp3) is 0.636. The summed E-state index contributed by atoms with van der Waals surface area (Å²) in [5, 5.41) is 15.0. The molecule has 2 N–H and O–H groups in total. The van der Waals surface area contributed by atoms with Gasteiger partial charge in [0.05, 0.1) is 0 Å². The van der Waals surface area contributed by atoms with Gasteiger partial charge in [-0.25, -0.2) is 4.79 Å². The minimum Gasteiger partial charge on any atom is -0.480 e. The van der Waals surface area contributed by atoms with Gasteiger partial charge in [0, 0.05) is 12.8 Å². The third kappa shape index (κ3) is 4.15. The number of carbonyl (C=O) groups is 2. The average Bonchev–Trinajstić information content (AvgIpc) is 2.68. The summed E-state index contributed by atoms with van der Waals surface area (Å²) in [7, 11) is 0. The molecule has 0 fully saturated rings. The molecule has 1 amide bonds. The van der Waals surface area contributed by atoms with Crippen LogP contribution in [0.4, 0.5) is 0 Å². The largest absolute Gasteiger partial charge is 0.480 e. The van der Waals surface area contributed by atoms with Gasteiger partial charge in [0.1, 0.15) is 6.04 Å². The van der Waals surface area contributed by atoms with Crippen molar-refractivity contribution in [3.05, 3.63) is 11.7 Å². The van der Waals surface area contributed by atoms with Crippen molar-refractivity contribution < 1.29 is 19.2 Å². The van der Waals surface area contributed by atoms with Gasteiger partial charge in [0.25, 0.3) is 0 Å². The molecule has 0 aliphatic rings. The molecule has 1 aromatic heterocycles. The van der Waals surface area contributed by atoms with Crippen LogP contribution in [0.25, 0.3) is 0 Å². The van der Waals surface area contributed by atoms with Gasteiger partial charge in [-0.2, -0.15) is 4.98 Å². The molecular weight excluding hydrogens is 238 g/mol. The zero-order valence-corrected chi connectivity index (χ0v) is 10.6. The molecule has 7 heteroatoms. The Morgan fingerprint density at radius 1 is 1.44 bits per heavy atom. The molecule has 1 aromatic rings. The van der Waals surface area contributed by atoms with Crippen LogP contribution in [0.15, 0.2) is 4.52 Å². The number of rotatable bonds is 6. The highest BCUT2D eigenvalue weighted by Crippen LogP contribution is 2.04. The Hall–Kier alpha value is -1.92. The lowest BCUT2D eigenvalue weighted by atomic mass is 10.0. The lowest BCUT2D eigenvalue weighted by molar-refractivity contribution is -0.143. The highest BCUT2D eigenvalue weighted by molar-refractivity contribution is 5.83. The second kappa shape index (κ2) is 6.13. The lowest BCUT2D eigenvalue weighted by Gasteiger charge is -2.17. The van der Waals surface area contributed by atoms with Gasteiger partial charge in [-0.1, -0.05) is 19.0 Å². The fourth-order valence-corrected chi connectivity index (χ4v) is 1.42. The van der Waals surface area contributed by atoms with Gasteiger partial charge in [-0.15, -0.1) is 0 Å². The van der Waals surface area contributed by atoms with Gasteiger partial charge < -0.3 is 14.9 Å². The number of hydrogen-bond donors (Lipinski definition) is 2. The first-order valence-electron chi connectivity index (χ1n) is 5.71. The summed E-state index contributed by atoms with van der Waals surface area (Å²) in [6.07, 6.45) is 0.426. The van der Waals surface area contributed by atoms with Crippen molar-refractivity contribution in [1.29, 1.82) is 0 Å². The topological polar surface area (TPSA) is 105 Å². The van der Waals surface area contributed by atoms with Gasteiger partial charge in [0.15, 0.2) is 5.82 Å². The number of amides is 1. The minimum atomic E-state index is -1.04. The summed E-state index contributed by atoms with van der Waals surface area (Å²) in [5.74, 6) is -0.661. The monoisotopic (exact) mass is 255 g/mol. The molecule has 0 saturated carbocycles. The molecule has 0 spiro atoms. The van der Waals surface area contributed by atoms with Crippen LogP contribution in [0, 0.1) is 12.8 Å². The van der Waals surface area contributed by atoms with Crippen LogP contribution in [0.5, 0.6) is 0 Å². The van der Waals surface area contributed by atoms with E-state index in [4.69, 9.17) is 9.63 Å². The molecule has 18 heavy (non-hydrogen) atoms. The van der Waals surface area contributed by atoms with Crippen LogP contribution in [0.3, 0.4) is 0 Å². The molecule has 7 nitrogen and oxygen atoms in total. The Balaban J connectivity index is 2.43. The molecule has 1 heterocycles. The predicted octanol–water partition coefficient (Wildman–Crippen LogP) is 0.536. The first-order valence-corrected chi connectivity index (χ1v) is 5.71. The zero-order chi connectivity index (χ0) is 13.7. The van der Waals surface area contributed by atoms with Crippen molar-refractivity contribution in [3.63, 3.8) is 0 Å². The number of carboxylic acids is 1. The smallest absolute Gasteiger partial charge is 0.326 e. The van der Waals surface area contributed by atoms with Crippen molar-refractivity contribution >= 4 is 11.9 Å². The lowest BCUT2D eigenvalue weighted by Crippen LogP contribution is -2.44. The van der Waals surface area contributed by atoms with Crippen molar-refractivity contribution in [1.82, 2.24) is 15.5 Å². The number of hydrogen-bond acceptors (Lipinski definition) is 5. The predicted molar refractivity (Wildman–Crippen MR) is 61.8 cm³/mol. The van der Waals surface area contributed by atoms with Crippen molar-refractivity contribution in [3.8, 4) is 0 Å². The zero-order valence-electron chi connectivity index (χ0n) is 10.6. The molecule has 0 radical (unpaired) electrons. The first kappa shape index (κ1) is 14.1. The first-order chi connectivity index (χ1) is 8.40. The highest BCUT2D eigenvalue weighted by Gasteiger charge is 2.23. The maximum absolute atomic E-state index is 11.6. The van der Waals surface area contributed by atoms with E-state index in [1.54, 1.807) is 20.8 Å². The molecular formula is C11H17N3O4. The quantitative estimate of drug-likeness (QED) is 0.768. The summed E-state index contributed by atoms with van der Waals surface area (Å²) >= 11 is 0. The van der Waals surface area contributed by atoms with E-state index >= 15 is 0 Å². The van der Waals surface area contributed by atoms with Crippen molar-refractivity contribution in [2.24, 2.45) is 5.92 Å². The molecule has 0 aliphatic carbocycles. The van der Waals surface area contributed by atoms with E-state index in [1.807, 2.05) is 0 Å². The fourth-order valence-electron chi connectivity index (χ4n) is 1.42. The van der Waals surface area contributed by atoms with Crippen LogP contribution >= 0.6 is 0 Å². The summed E-state index contributed by atoms with van der Waals surface area (Å²) < 4.78 is 4.86. The molecule has 0 saturated heterocycles. The summed E-state index contributed by atoms with van der Waals surface area (Å²) in [4.78, 5) is 26.4. The molecule has 0 bridgehead atoms. The maximum Gasteiger partial charge on any atom is 0.326 e. The second-order valence-electron chi connectivity index (χ2n) is 4.36. The molecule has 1 atom stereocenters. The number of carbonyl (C=O) groups excluding carboxylic acids is 1. The van der Waals surface area contributed by atoms with E-state index in [9.17, 15) is 9.59 Å². The standard InChI is InChI=1S/C11H17N3O4/c1-6(2)10(11(16)17)13-8(15)4-5-9-12-7(3)14-18-9/h6,10H,4-5H2,1-3H3,(H,13,15)(H,16,17). The molecule has 100 valence electrons. The number of aliphatic carboxylic acids is 1. The summed E-state index contributed by atoms with van der Waals surface area (Å²) in [5.41, 5.74) is 0. The summed E-state index contributed by atoms with van der Waals surface area (Å²) in [6, 6.07) is -0.873. The van der Waals surface area contributed by atoms with Crippen molar-refractivity contribution in [2.75, 3.05) is 0 Å². The van der Waals surface area contributed by atoms with Gasteiger partial charge in [0.2, 0.25) is 11.8 Å². The van der Waals surface area contributed by atoms with E-state index in [-0.39, 0.29) is 18.2 Å². The van der Waals surface area contributed by atoms with Gasteiger partial charge in [-0.3, -0.25) is 4.79 Å². The average molecular weight is 255 g/mol. The number of carboxylic acid groups (broad SMARTS) is 1. The highest BCUT2D eigenvalue weighted by atomic mass is 16.5. The van der Waals surface area contributed by atoms with E-state index in [2.05, 4.69) is 15.5 Å². The second-order valence-corrected chi connectivity index (χ2v) is 4.36. The van der Waals surface area contributed by atoms with Crippen LogP contribution in [-0.4, -0.2) is 33.2 Å². The minimum absolute atomic E-state index is 0.123.